The van der Waals surface area contributed by atoms with E-state index in [1.165, 1.54) is 12.8 Å². The van der Waals surface area contributed by atoms with Crippen molar-refractivity contribution in [3.8, 4) is 11.5 Å². The van der Waals surface area contributed by atoms with E-state index in [1.807, 2.05) is 26.0 Å². The molecule has 0 spiro atoms. The summed E-state index contributed by atoms with van der Waals surface area (Å²) in [6.07, 6.45) is 2.36. The smallest absolute Gasteiger partial charge is 0.231 e. The van der Waals surface area contributed by atoms with E-state index in [-0.39, 0.29) is 25.0 Å². The number of carbonyl (C=O) groups excluding carboxylic acids is 1. The number of Topliss-reactive ketones (excluding diaryl/α,β-unsaturated/α-hetero) is 1. The summed E-state index contributed by atoms with van der Waals surface area (Å²) in [6.45, 7) is 6.26. The van der Waals surface area contributed by atoms with E-state index < -0.39 is 5.54 Å². The first-order valence-electron chi connectivity index (χ1n) is 6.78. The summed E-state index contributed by atoms with van der Waals surface area (Å²) in [4.78, 5) is 15.0. The second-order valence-corrected chi connectivity index (χ2v) is 5.65. The van der Waals surface area contributed by atoms with Gasteiger partial charge < -0.3 is 9.47 Å². The minimum Gasteiger partial charge on any atom is -0.454 e. The van der Waals surface area contributed by atoms with Gasteiger partial charge in [-0.1, -0.05) is 0 Å². The zero-order valence-electron chi connectivity index (χ0n) is 11.8. The Bertz CT molecular complexity index is 510. The van der Waals surface area contributed by atoms with Gasteiger partial charge >= 0.3 is 0 Å². The lowest BCUT2D eigenvalue weighted by Gasteiger charge is -2.33. The van der Waals surface area contributed by atoms with Crippen molar-refractivity contribution in [3.05, 3.63) is 23.8 Å². The SMILES string of the molecule is CC(C)(C(=O)c1ccc2c(c1)OCO2)N1CCCC1.Cl. The van der Waals surface area contributed by atoms with Gasteiger partial charge in [0.25, 0.3) is 0 Å². The monoisotopic (exact) mass is 297 g/mol. The molecule has 0 unspecified atom stereocenters. The van der Waals surface area contributed by atoms with Crippen LogP contribution in [0.2, 0.25) is 0 Å². The lowest BCUT2D eigenvalue weighted by atomic mass is 9.91. The van der Waals surface area contributed by atoms with Crippen LogP contribution in [0.15, 0.2) is 18.2 Å². The first kappa shape index (κ1) is 15.1. The minimum absolute atomic E-state index is 0. The van der Waals surface area contributed by atoms with Gasteiger partial charge in [-0.25, -0.2) is 0 Å². The van der Waals surface area contributed by atoms with E-state index >= 15 is 0 Å². The van der Waals surface area contributed by atoms with Crippen molar-refractivity contribution in [1.29, 1.82) is 0 Å². The first-order chi connectivity index (χ1) is 9.09. The van der Waals surface area contributed by atoms with E-state index in [4.69, 9.17) is 9.47 Å². The molecule has 1 aromatic rings. The maximum Gasteiger partial charge on any atom is 0.231 e. The zero-order valence-corrected chi connectivity index (χ0v) is 12.7. The number of rotatable bonds is 3. The number of halogens is 1. The number of carbonyl (C=O) groups is 1. The predicted molar refractivity (Wildman–Crippen MR) is 79.0 cm³/mol. The molecule has 0 radical (unpaired) electrons. The van der Waals surface area contributed by atoms with Crippen LogP contribution in [0.25, 0.3) is 0 Å². The van der Waals surface area contributed by atoms with Crippen LogP contribution in [-0.4, -0.2) is 36.1 Å². The molecular formula is C15H20ClNO3. The average molecular weight is 298 g/mol. The molecule has 110 valence electrons. The van der Waals surface area contributed by atoms with Crippen LogP contribution < -0.4 is 9.47 Å². The number of hydrogen-bond acceptors (Lipinski definition) is 4. The maximum atomic E-state index is 12.7. The Balaban J connectivity index is 0.00000147. The molecule has 3 rings (SSSR count). The molecule has 1 fully saturated rings. The fraction of sp³-hybridized carbons (Fsp3) is 0.533. The largest absolute Gasteiger partial charge is 0.454 e. The lowest BCUT2D eigenvalue weighted by molar-refractivity contribution is 0.0702. The van der Waals surface area contributed by atoms with E-state index in [2.05, 4.69) is 4.90 Å². The van der Waals surface area contributed by atoms with E-state index in [1.54, 1.807) is 6.07 Å². The summed E-state index contributed by atoms with van der Waals surface area (Å²) in [5, 5.41) is 0. The zero-order chi connectivity index (χ0) is 13.5. The molecule has 0 saturated carbocycles. The van der Waals surface area contributed by atoms with E-state index in [9.17, 15) is 4.79 Å². The number of nitrogens with zero attached hydrogens (tertiary/aromatic N) is 1. The van der Waals surface area contributed by atoms with Gasteiger partial charge in [-0.3, -0.25) is 9.69 Å². The second kappa shape index (κ2) is 5.62. The number of ketones is 1. The normalized spacial score (nSPS) is 17.9. The third-order valence-electron chi connectivity index (χ3n) is 4.09. The number of ether oxygens (including phenoxy) is 2. The topological polar surface area (TPSA) is 38.8 Å². The summed E-state index contributed by atoms with van der Waals surface area (Å²) in [5.74, 6) is 1.53. The summed E-state index contributed by atoms with van der Waals surface area (Å²) in [6, 6.07) is 5.44. The summed E-state index contributed by atoms with van der Waals surface area (Å²) >= 11 is 0. The molecule has 20 heavy (non-hydrogen) atoms. The number of likely N-dealkylation sites (tertiary alicyclic amines) is 1. The molecule has 0 bridgehead atoms. The molecule has 0 aromatic heterocycles. The van der Waals surface area contributed by atoms with Gasteiger partial charge in [-0.2, -0.15) is 0 Å². The standard InChI is InChI=1S/C15H19NO3.ClH/c1-15(2,16-7-3-4-8-16)14(17)11-5-6-12-13(9-11)19-10-18-12;/h5-6,9H,3-4,7-8,10H2,1-2H3;1H. The van der Waals surface area contributed by atoms with Crippen LogP contribution in [0.3, 0.4) is 0 Å². The summed E-state index contributed by atoms with van der Waals surface area (Å²) in [7, 11) is 0. The van der Waals surface area contributed by atoms with Crippen molar-refractivity contribution in [2.75, 3.05) is 19.9 Å². The Labute approximate surface area is 125 Å². The van der Waals surface area contributed by atoms with Crippen LogP contribution in [0.1, 0.15) is 37.0 Å². The van der Waals surface area contributed by atoms with Gasteiger partial charge in [0.1, 0.15) is 0 Å². The van der Waals surface area contributed by atoms with Crippen LogP contribution in [0.4, 0.5) is 0 Å². The van der Waals surface area contributed by atoms with E-state index in [0.29, 0.717) is 11.3 Å². The van der Waals surface area contributed by atoms with Crippen molar-refractivity contribution in [2.24, 2.45) is 0 Å². The van der Waals surface area contributed by atoms with Gasteiger partial charge in [-0.15, -0.1) is 12.4 Å². The molecule has 1 aromatic carbocycles. The van der Waals surface area contributed by atoms with Gasteiger partial charge in [0.05, 0.1) is 5.54 Å². The van der Waals surface area contributed by atoms with Crippen LogP contribution in [0, 0.1) is 0 Å². The third kappa shape index (κ3) is 2.50. The molecule has 2 aliphatic rings. The number of fused-ring (bicyclic) bond motifs is 1. The molecule has 0 N–H and O–H groups in total. The summed E-state index contributed by atoms with van der Waals surface area (Å²) < 4.78 is 10.6. The van der Waals surface area contributed by atoms with Crippen LogP contribution in [-0.2, 0) is 0 Å². The Morgan fingerprint density at radius 3 is 2.50 bits per heavy atom. The summed E-state index contributed by atoms with van der Waals surface area (Å²) in [5.41, 5.74) is 0.241. The fourth-order valence-corrected chi connectivity index (χ4v) is 2.81. The molecule has 5 heteroatoms. The molecular weight excluding hydrogens is 278 g/mol. The van der Waals surface area contributed by atoms with Gasteiger partial charge in [0.15, 0.2) is 17.3 Å². The molecule has 0 aliphatic carbocycles. The molecule has 0 amide bonds. The van der Waals surface area contributed by atoms with Gasteiger partial charge in [0.2, 0.25) is 6.79 Å². The Hall–Kier alpha value is -1.26. The highest BCUT2D eigenvalue weighted by Gasteiger charge is 2.36. The van der Waals surface area contributed by atoms with Crippen LogP contribution >= 0.6 is 12.4 Å². The van der Waals surface area contributed by atoms with Crippen molar-refractivity contribution in [2.45, 2.75) is 32.2 Å². The highest BCUT2D eigenvalue weighted by Crippen LogP contribution is 2.34. The molecule has 4 nitrogen and oxygen atoms in total. The highest BCUT2D eigenvalue weighted by atomic mass is 35.5. The molecule has 1 saturated heterocycles. The number of benzene rings is 1. The molecule has 0 atom stereocenters. The van der Waals surface area contributed by atoms with Gasteiger partial charge in [-0.05, 0) is 58.0 Å². The third-order valence-corrected chi connectivity index (χ3v) is 4.09. The fourth-order valence-electron chi connectivity index (χ4n) is 2.81. The van der Waals surface area contributed by atoms with Crippen molar-refractivity contribution >= 4 is 18.2 Å². The van der Waals surface area contributed by atoms with Crippen LogP contribution in [0.5, 0.6) is 11.5 Å². The van der Waals surface area contributed by atoms with Crippen molar-refractivity contribution in [3.63, 3.8) is 0 Å². The minimum atomic E-state index is -0.454. The van der Waals surface area contributed by atoms with E-state index in [0.717, 1.165) is 18.8 Å². The maximum absolute atomic E-state index is 12.7. The molecule has 2 aliphatic heterocycles. The average Bonchev–Trinajstić information content (AvgIpc) is 3.07. The predicted octanol–water partition coefficient (Wildman–Crippen LogP) is 2.89. The Morgan fingerprint density at radius 1 is 1.15 bits per heavy atom. The lowest BCUT2D eigenvalue weighted by Crippen LogP contribution is -2.48. The van der Waals surface area contributed by atoms with Crippen molar-refractivity contribution in [1.82, 2.24) is 4.90 Å². The highest BCUT2D eigenvalue weighted by molar-refractivity contribution is 6.03. The van der Waals surface area contributed by atoms with Crippen molar-refractivity contribution < 1.29 is 14.3 Å². The Morgan fingerprint density at radius 2 is 1.80 bits per heavy atom. The molecule has 2 heterocycles. The Kier molecular flexibility index (Phi) is 4.25. The number of hydrogen-bond donors (Lipinski definition) is 0. The first-order valence-corrected chi connectivity index (χ1v) is 6.78. The van der Waals surface area contributed by atoms with Gasteiger partial charge in [0, 0.05) is 5.56 Å². The second-order valence-electron chi connectivity index (χ2n) is 5.65. The quantitative estimate of drug-likeness (QED) is 0.804.